The quantitative estimate of drug-likeness (QED) is 0.618. The van der Waals surface area contributed by atoms with Crippen LogP contribution in [0, 0.1) is 5.92 Å². The number of amides is 1. The summed E-state index contributed by atoms with van der Waals surface area (Å²) >= 11 is 0. The van der Waals surface area contributed by atoms with Crippen molar-refractivity contribution in [3.8, 4) is 0 Å². The van der Waals surface area contributed by atoms with Crippen molar-refractivity contribution in [2.75, 3.05) is 17.7 Å². The number of hydrogen-bond donors (Lipinski definition) is 3. The van der Waals surface area contributed by atoms with Crippen LogP contribution in [0.25, 0.3) is 0 Å². The van der Waals surface area contributed by atoms with Crippen LogP contribution in [0.2, 0.25) is 0 Å². The van der Waals surface area contributed by atoms with Gasteiger partial charge in [0.15, 0.2) is 5.82 Å². The van der Waals surface area contributed by atoms with Crippen LogP contribution in [0.4, 0.5) is 11.6 Å². The van der Waals surface area contributed by atoms with Crippen LogP contribution < -0.4 is 11.1 Å². The Kier molecular flexibility index (Phi) is 2.36. The number of nitrogens with two attached hydrogens (primary N) is 1. The van der Waals surface area contributed by atoms with E-state index in [1.165, 1.54) is 4.68 Å². The molecule has 0 aliphatic carbocycles. The van der Waals surface area contributed by atoms with Crippen LogP contribution in [-0.4, -0.2) is 27.4 Å². The zero-order valence-corrected chi connectivity index (χ0v) is 8.53. The lowest BCUT2D eigenvalue weighted by Crippen LogP contribution is -2.29. The number of hydrogen-bond acceptors (Lipinski definition) is 4. The molecule has 2 rings (SSSR count). The van der Waals surface area contributed by atoms with Gasteiger partial charge in [0.25, 0.3) is 0 Å². The molecule has 0 aromatic carbocycles. The highest BCUT2D eigenvalue weighted by Crippen LogP contribution is 2.29. The average Bonchev–Trinajstić information content (AvgIpc) is 2.46. The maximum absolute atomic E-state index is 11.5. The van der Waals surface area contributed by atoms with Gasteiger partial charge >= 0.3 is 0 Å². The Balaban J connectivity index is 2.40. The molecule has 1 aromatic rings. The van der Waals surface area contributed by atoms with Crippen LogP contribution in [0.1, 0.15) is 12.5 Å². The smallest absolute Gasteiger partial charge is 0.228 e. The highest BCUT2D eigenvalue weighted by atomic mass is 16.3. The van der Waals surface area contributed by atoms with Crippen molar-refractivity contribution >= 4 is 17.5 Å². The molecule has 2 heterocycles. The monoisotopic (exact) mass is 210 g/mol. The molecule has 1 aliphatic heterocycles. The normalized spacial score (nSPS) is 19.9. The standard InChI is InChI=1S/C9H14N4O2/c1-5-4-6-7(10)12-13(2-3-14)8(6)11-9(5)15/h5,14H,2-4H2,1H3,(H2,10,12)(H,11,15)/t5-/m0/s1. The fourth-order valence-electron chi connectivity index (χ4n) is 1.75. The van der Waals surface area contributed by atoms with Gasteiger partial charge in [-0.15, -0.1) is 0 Å². The van der Waals surface area contributed by atoms with E-state index in [-0.39, 0.29) is 18.4 Å². The highest BCUT2D eigenvalue weighted by Gasteiger charge is 2.28. The van der Waals surface area contributed by atoms with Crippen molar-refractivity contribution in [3.63, 3.8) is 0 Å². The van der Waals surface area contributed by atoms with E-state index < -0.39 is 0 Å². The van der Waals surface area contributed by atoms with E-state index in [1.54, 1.807) is 0 Å². The first-order chi connectivity index (χ1) is 7.13. The van der Waals surface area contributed by atoms with E-state index in [9.17, 15) is 4.79 Å². The van der Waals surface area contributed by atoms with E-state index in [2.05, 4.69) is 10.4 Å². The predicted molar refractivity (Wildman–Crippen MR) is 55.2 cm³/mol. The molecule has 0 fully saturated rings. The third-order valence-corrected chi connectivity index (χ3v) is 2.59. The molecule has 0 saturated carbocycles. The first-order valence-corrected chi connectivity index (χ1v) is 4.90. The zero-order valence-electron chi connectivity index (χ0n) is 8.53. The van der Waals surface area contributed by atoms with Gasteiger partial charge in [0.2, 0.25) is 5.91 Å². The molecule has 15 heavy (non-hydrogen) atoms. The van der Waals surface area contributed by atoms with Crippen LogP contribution in [-0.2, 0) is 17.8 Å². The molecular weight excluding hydrogens is 196 g/mol. The van der Waals surface area contributed by atoms with Crippen LogP contribution >= 0.6 is 0 Å². The summed E-state index contributed by atoms with van der Waals surface area (Å²) in [7, 11) is 0. The maximum Gasteiger partial charge on any atom is 0.228 e. The van der Waals surface area contributed by atoms with E-state index in [0.717, 1.165) is 5.56 Å². The van der Waals surface area contributed by atoms with Gasteiger partial charge in [-0.2, -0.15) is 5.10 Å². The van der Waals surface area contributed by atoms with Gasteiger partial charge in [0.05, 0.1) is 13.2 Å². The topological polar surface area (TPSA) is 93.2 Å². The minimum absolute atomic E-state index is 0.0263. The van der Waals surface area contributed by atoms with Gasteiger partial charge in [-0.05, 0) is 6.42 Å². The molecule has 0 spiro atoms. The van der Waals surface area contributed by atoms with Gasteiger partial charge in [0.1, 0.15) is 5.82 Å². The number of aliphatic hydroxyl groups excluding tert-OH is 1. The maximum atomic E-state index is 11.5. The number of anilines is 2. The fourth-order valence-corrected chi connectivity index (χ4v) is 1.75. The second-order valence-electron chi connectivity index (χ2n) is 3.75. The van der Waals surface area contributed by atoms with Gasteiger partial charge in [-0.25, -0.2) is 4.68 Å². The number of carbonyl (C=O) groups is 1. The predicted octanol–water partition coefficient (Wildman–Crippen LogP) is -0.412. The van der Waals surface area contributed by atoms with Crippen molar-refractivity contribution in [1.29, 1.82) is 0 Å². The van der Waals surface area contributed by atoms with Crippen LogP contribution in [0.3, 0.4) is 0 Å². The Hall–Kier alpha value is -1.56. The van der Waals surface area contributed by atoms with E-state index in [1.807, 2.05) is 6.92 Å². The number of fused-ring (bicyclic) bond motifs is 1. The van der Waals surface area contributed by atoms with Gasteiger partial charge in [0, 0.05) is 11.5 Å². The summed E-state index contributed by atoms with van der Waals surface area (Å²) in [6, 6.07) is 0. The second kappa shape index (κ2) is 3.54. The molecule has 1 aromatic heterocycles. The summed E-state index contributed by atoms with van der Waals surface area (Å²) in [6.45, 7) is 2.16. The number of nitrogens with one attached hydrogen (secondary N) is 1. The highest BCUT2D eigenvalue weighted by molar-refractivity contribution is 5.95. The molecule has 0 bridgehead atoms. The average molecular weight is 210 g/mol. The lowest BCUT2D eigenvalue weighted by Gasteiger charge is -2.19. The van der Waals surface area contributed by atoms with Gasteiger partial charge in [-0.3, -0.25) is 4.79 Å². The summed E-state index contributed by atoms with van der Waals surface area (Å²) in [6.07, 6.45) is 0.610. The molecule has 6 nitrogen and oxygen atoms in total. The molecule has 82 valence electrons. The van der Waals surface area contributed by atoms with Gasteiger partial charge < -0.3 is 16.2 Å². The minimum atomic E-state index is -0.0772. The number of aromatic nitrogens is 2. The molecule has 0 unspecified atom stereocenters. The molecule has 6 heteroatoms. The molecular formula is C9H14N4O2. The Bertz CT molecular complexity index is 399. The van der Waals surface area contributed by atoms with Crippen molar-refractivity contribution < 1.29 is 9.90 Å². The summed E-state index contributed by atoms with van der Waals surface area (Å²) < 4.78 is 1.54. The molecule has 1 atom stereocenters. The summed E-state index contributed by atoms with van der Waals surface area (Å²) in [5.41, 5.74) is 6.61. The van der Waals surface area contributed by atoms with Crippen molar-refractivity contribution in [2.24, 2.45) is 5.92 Å². The molecule has 1 amide bonds. The number of rotatable bonds is 2. The van der Waals surface area contributed by atoms with Crippen molar-refractivity contribution in [2.45, 2.75) is 19.9 Å². The summed E-state index contributed by atoms with van der Waals surface area (Å²) in [4.78, 5) is 11.5. The molecule has 0 radical (unpaired) electrons. The minimum Gasteiger partial charge on any atom is -0.394 e. The first kappa shape index (κ1) is 9.97. The zero-order chi connectivity index (χ0) is 11.0. The summed E-state index contributed by atoms with van der Waals surface area (Å²) in [5.74, 6) is 0.961. The molecule has 4 N–H and O–H groups in total. The third-order valence-electron chi connectivity index (χ3n) is 2.59. The number of nitrogens with zero attached hydrogens (tertiary/aromatic N) is 2. The van der Waals surface area contributed by atoms with Gasteiger partial charge in [-0.1, -0.05) is 6.92 Å². The Morgan fingerprint density at radius 1 is 1.73 bits per heavy atom. The van der Waals surface area contributed by atoms with E-state index >= 15 is 0 Å². The SMILES string of the molecule is C[C@H]1Cc2c(N)nn(CCO)c2NC1=O. The lowest BCUT2D eigenvalue weighted by atomic mass is 9.98. The first-order valence-electron chi connectivity index (χ1n) is 4.90. The number of nitrogen functional groups attached to an aromatic ring is 1. The molecule has 1 aliphatic rings. The van der Waals surface area contributed by atoms with Crippen LogP contribution in [0.15, 0.2) is 0 Å². The molecule has 0 saturated heterocycles. The van der Waals surface area contributed by atoms with E-state index in [4.69, 9.17) is 10.8 Å². The Morgan fingerprint density at radius 3 is 3.13 bits per heavy atom. The Morgan fingerprint density at radius 2 is 2.47 bits per heavy atom. The van der Waals surface area contributed by atoms with Crippen LogP contribution in [0.5, 0.6) is 0 Å². The Labute approximate surface area is 87.1 Å². The van der Waals surface area contributed by atoms with Crippen molar-refractivity contribution in [3.05, 3.63) is 5.56 Å². The second-order valence-corrected chi connectivity index (χ2v) is 3.75. The van der Waals surface area contributed by atoms with E-state index in [0.29, 0.717) is 24.6 Å². The summed E-state index contributed by atoms with van der Waals surface area (Å²) in [5, 5.41) is 15.7. The third kappa shape index (κ3) is 1.56. The lowest BCUT2D eigenvalue weighted by molar-refractivity contribution is -0.119. The fraction of sp³-hybridized carbons (Fsp3) is 0.556. The largest absolute Gasteiger partial charge is 0.394 e. The number of carbonyl (C=O) groups excluding carboxylic acids is 1. The van der Waals surface area contributed by atoms with Crippen molar-refractivity contribution in [1.82, 2.24) is 9.78 Å². The number of aliphatic hydroxyl groups is 1.